The summed E-state index contributed by atoms with van der Waals surface area (Å²) < 4.78 is 0. The number of para-hydroxylation sites is 1. The molecule has 0 aliphatic heterocycles. The van der Waals surface area contributed by atoms with Crippen LogP contribution in [0.15, 0.2) is 36.4 Å². The number of amides is 1. The van der Waals surface area contributed by atoms with Gasteiger partial charge < -0.3 is 11.1 Å². The third kappa shape index (κ3) is 2.95. The van der Waals surface area contributed by atoms with Gasteiger partial charge in [0.05, 0.1) is 4.92 Å². The van der Waals surface area contributed by atoms with E-state index in [0.717, 1.165) is 0 Å². The van der Waals surface area contributed by atoms with E-state index in [1.807, 2.05) is 0 Å². The zero-order valence-corrected chi connectivity index (χ0v) is 11.8. The molecule has 0 atom stereocenters. The van der Waals surface area contributed by atoms with E-state index in [9.17, 15) is 14.9 Å². The van der Waals surface area contributed by atoms with Crippen molar-refractivity contribution in [3.63, 3.8) is 0 Å². The molecular weight excluding hydrogens is 294 g/mol. The summed E-state index contributed by atoms with van der Waals surface area (Å²) in [4.78, 5) is 22.6. The standard InChI is InChI=1S/C14H12ClN3O3/c1-8-10(15)5-3-7-12(8)17-14(19)9-4-2-6-11(16)13(9)18(20)21/h2-7H,16H2,1H3,(H,17,19). The molecule has 0 spiro atoms. The van der Waals surface area contributed by atoms with Gasteiger partial charge >= 0.3 is 5.69 Å². The quantitative estimate of drug-likeness (QED) is 0.516. The van der Waals surface area contributed by atoms with E-state index in [4.69, 9.17) is 17.3 Å². The summed E-state index contributed by atoms with van der Waals surface area (Å²) in [5.41, 5.74) is 6.17. The number of carbonyl (C=O) groups excluding carboxylic acids is 1. The van der Waals surface area contributed by atoms with Crippen molar-refractivity contribution in [2.75, 3.05) is 11.1 Å². The first kappa shape index (κ1) is 14.8. The zero-order chi connectivity index (χ0) is 15.6. The number of hydrogen-bond acceptors (Lipinski definition) is 4. The van der Waals surface area contributed by atoms with Crippen LogP contribution in [0.2, 0.25) is 5.02 Å². The second-order valence-corrected chi connectivity index (χ2v) is 4.77. The maximum absolute atomic E-state index is 12.2. The van der Waals surface area contributed by atoms with Crippen LogP contribution in [0.1, 0.15) is 15.9 Å². The number of anilines is 2. The van der Waals surface area contributed by atoms with Gasteiger partial charge in [0.1, 0.15) is 11.3 Å². The van der Waals surface area contributed by atoms with Gasteiger partial charge in [-0.25, -0.2) is 0 Å². The number of nitrogens with one attached hydrogen (secondary N) is 1. The summed E-state index contributed by atoms with van der Waals surface area (Å²) in [5.74, 6) is -0.612. The van der Waals surface area contributed by atoms with Gasteiger partial charge in [0, 0.05) is 10.7 Å². The van der Waals surface area contributed by atoms with Crippen LogP contribution in [0.5, 0.6) is 0 Å². The number of carbonyl (C=O) groups is 1. The zero-order valence-electron chi connectivity index (χ0n) is 11.1. The molecule has 2 aromatic rings. The fourth-order valence-electron chi connectivity index (χ4n) is 1.88. The first-order valence-corrected chi connectivity index (χ1v) is 6.39. The fraction of sp³-hybridized carbons (Fsp3) is 0.0714. The van der Waals surface area contributed by atoms with E-state index in [-0.39, 0.29) is 11.3 Å². The summed E-state index contributed by atoms with van der Waals surface area (Å²) >= 11 is 5.97. The lowest BCUT2D eigenvalue weighted by Gasteiger charge is -2.10. The molecule has 0 aromatic heterocycles. The van der Waals surface area contributed by atoms with E-state index >= 15 is 0 Å². The summed E-state index contributed by atoms with van der Waals surface area (Å²) in [6.07, 6.45) is 0. The van der Waals surface area contributed by atoms with E-state index < -0.39 is 16.5 Å². The first-order valence-electron chi connectivity index (χ1n) is 6.01. The summed E-state index contributed by atoms with van der Waals surface area (Å²) in [7, 11) is 0. The molecule has 0 saturated heterocycles. The highest BCUT2D eigenvalue weighted by Crippen LogP contribution is 2.28. The molecule has 0 bridgehead atoms. The molecule has 108 valence electrons. The molecule has 0 fully saturated rings. The topological polar surface area (TPSA) is 98.3 Å². The molecule has 0 unspecified atom stereocenters. The maximum Gasteiger partial charge on any atom is 0.304 e. The van der Waals surface area contributed by atoms with E-state index in [1.54, 1.807) is 25.1 Å². The average molecular weight is 306 g/mol. The summed E-state index contributed by atoms with van der Waals surface area (Å²) in [6.45, 7) is 1.74. The van der Waals surface area contributed by atoms with Crippen LogP contribution >= 0.6 is 11.6 Å². The Balaban J connectivity index is 2.40. The van der Waals surface area contributed by atoms with Crippen molar-refractivity contribution in [1.29, 1.82) is 0 Å². The minimum absolute atomic E-state index is 0.0598. The Morgan fingerprint density at radius 2 is 1.95 bits per heavy atom. The molecule has 21 heavy (non-hydrogen) atoms. The molecule has 0 saturated carbocycles. The molecule has 1 amide bonds. The lowest BCUT2D eigenvalue weighted by Crippen LogP contribution is -2.15. The molecule has 6 nitrogen and oxygen atoms in total. The van der Waals surface area contributed by atoms with Gasteiger partial charge in [-0.3, -0.25) is 14.9 Å². The van der Waals surface area contributed by atoms with Crippen molar-refractivity contribution in [2.24, 2.45) is 0 Å². The average Bonchev–Trinajstić information content (AvgIpc) is 2.43. The van der Waals surface area contributed by atoms with Gasteiger partial charge in [-0.1, -0.05) is 23.7 Å². The Morgan fingerprint density at radius 1 is 1.29 bits per heavy atom. The van der Waals surface area contributed by atoms with E-state index in [2.05, 4.69) is 5.32 Å². The molecule has 0 heterocycles. The number of benzene rings is 2. The minimum atomic E-state index is -0.672. The van der Waals surface area contributed by atoms with Crippen LogP contribution in [0.4, 0.5) is 17.1 Å². The van der Waals surface area contributed by atoms with Crippen molar-refractivity contribution in [3.05, 3.63) is 62.7 Å². The van der Waals surface area contributed by atoms with Gasteiger partial charge in [0.15, 0.2) is 0 Å². The number of rotatable bonds is 3. The minimum Gasteiger partial charge on any atom is -0.393 e. The Bertz CT molecular complexity index is 731. The molecule has 0 aliphatic carbocycles. The number of nitro groups is 1. The lowest BCUT2D eigenvalue weighted by atomic mass is 10.1. The number of nitro benzene ring substituents is 1. The highest BCUT2D eigenvalue weighted by molar-refractivity contribution is 6.31. The predicted octanol–water partition coefficient (Wildman–Crippen LogP) is 3.39. The number of nitrogens with two attached hydrogens (primary N) is 1. The van der Waals surface area contributed by atoms with Crippen molar-refractivity contribution < 1.29 is 9.72 Å². The normalized spacial score (nSPS) is 10.2. The van der Waals surface area contributed by atoms with Crippen LogP contribution in [0.3, 0.4) is 0 Å². The van der Waals surface area contributed by atoms with E-state index in [0.29, 0.717) is 16.3 Å². The predicted molar refractivity (Wildman–Crippen MR) is 81.7 cm³/mol. The van der Waals surface area contributed by atoms with Crippen LogP contribution in [0.25, 0.3) is 0 Å². The van der Waals surface area contributed by atoms with Crippen LogP contribution in [-0.2, 0) is 0 Å². The second kappa shape index (κ2) is 5.80. The van der Waals surface area contributed by atoms with Crippen molar-refractivity contribution in [1.82, 2.24) is 0 Å². The molecule has 2 aromatic carbocycles. The van der Waals surface area contributed by atoms with Crippen molar-refractivity contribution in [2.45, 2.75) is 6.92 Å². The largest absolute Gasteiger partial charge is 0.393 e. The van der Waals surface area contributed by atoms with Crippen molar-refractivity contribution >= 4 is 34.6 Å². The number of nitrogens with zero attached hydrogens (tertiary/aromatic N) is 1. The van der Waals surface area contributed by atoms with E-state index in [1.165, 1.54) is 18.2 Å². The van der Waals surface area contributed by atoms with Gasteiger partial charge in [0.25, 0.3) is 5.91 Å². The molecule has 2 rings (SSSR count). The third-order valence-corrected chi connectivity index (χ3v) is 3.42. The lowest BCUT2D eigenvalue weighted by molar-refractivity contribution is -0.384. The Hall–Kier alpha value is -2.60. The number of halogens is 1. The second-order valence-electron chi connectivity index (χ2n) is 4.37. The van der Waals surface area contributed by atoms with Crippen LogP contribution < -0.4 is 11.1 Å². The van der Waals surface area contributed by atoms with Gasteiger partial charge in [0.2, 0.25) is 0 Å². The fourth-order valence-corrected chi connectivity index (χ4v) is 2.06. The van der Waals surface area contributed by atoms with Crippen LogP contribution in [0, 0.1) is 17.0 Å². The molecule has 7 heteroatoms. The molecule has 0 aliphatic rings. The monoisotopic (exact) mass is 305 g/mol. The Morgan fingerprint density at radius 3 is 2.62 bits per heavy atom. The Labute approximate surface area is 125 Å². The Kier molecular flexibility index (Phi) is 4.09. The smallest absolute Gasteiger partial charge is 0.304 e. The summed E-state index contributed by atoms with van der Waals surface area (Å²) in [5, 5.41) is 14.1. The van der Waals surface area contributed by atoms with Gasteiger partial charge in [-0.05, 0) is 36.8 Å². The SMILES string of the molecule is Cc1c(Cl)cccc1NC(=O)c1cccc(N)c1[N+](=O)[O-]. The van der Waals surface area contributed by atoms with Gasteiger partial charge in [-0.15, -0.1) is 0 Å². The van der Waals surface area contributed by atoms with Gasteiger partial charge in [-0.2, -0.15) is 0 Å². The first-order chi connectivity index (χ1) is 9.91. The molecular formula is C14H12ClN3O3. The summed E-state index contributed by atoms with van der Waals surface area (Å²) in [6, 6.07) is 9.25. The molecule has 0 radical (unpaired) electrons. The van der Waals surface area contributed by atoms with Crippen molar-refractivity contribution in [3.8, 4) is 0 Å². The highest BCUT2D eigenvalue weighted by Gasteiger charge is 2.23. The highest BCUT2D eigenvalue weighted by atomic mass is 35.5. The third-order valence-electron chi connectivity index (χ3n) is 3.01. The number of nitrogen functional groups attached to an aromatic ring is 1. The van der Waals surface area contributed by atoms with Crippen LogP contribution in [-0.4, -0.2) is 10.8 Å². The molecule has 3 N–H and O–H groups in total. The number of hydrogen-bond donors (Lipinski definition) is 2. The maximum atomic E-state index is 12.2.